The van der Waals surface area contributed by atoms with E-state index in [4.69, 9.17) is 0 Å². The van der Waals surface area contributed by atoms with E-state index >= 15 is 0 Å². The van der Waals surface area contributed by atoms with Gasteiger partial charge < -0.3 is 15.2 Å². The van der Waals surface area contributed by atoms with Gasteiger partial charge in [-0.2, -0.15) is 0 Å². The van der Waals surface area contributed by atoms with Crippen molar-refractivity contribution in [2.45, 2.75) is 64.8 Å². The van der Waals surface area contributed by atoms with Crippen molar-refractivity contribution in [1.29, 1.82) is 0 Å². The van der Waals surface area contributed by atoms with Crippen LogP contribution in [0, 0.1) is 6.92 Å². The molecule has 3 heterocycles. The van der Waals surface area contributed by atoms with Gasteiger partial charge in [-0.1, -0.05) is 19.9 Å². The lowest BCUT2D eigenvalue weighted by Gasteiger charge is -2.37. The number of H-pyrrole nitrogens is 1. The van der Waals surface area contributed by atoms with E-state index in [0.717, 1.165) is 54.0 Å². The zero-order chi connectivity index (χ0) is 23.0. The molecule has 1 unspecified atom stereocenters. The Morgan fingerprint density at radius 2 is 2.00 bits per heavy atom. The van der Waals surface area contributed by atoms with Gasteiger partial charge in [0.1, 0.15) is 0 Å². The summed E-state index contributed by atoms with van der Waals surface area (Å²) in [6, 6.07) is 10.9. The highest BCUT2D eigenvalue weighted by atomic mass is 16.2. The normalized spacial score (nSPS) is 17.2. The Kier molecular flexibility index (Phi) is 6.13. The van der Waals surface area contributed by atoms with E-state index < -0.39 is 5.41 Å². The SMILES string of the molecule is Cc1cc(-c2[nH]c3ccc(C(C)(C)C(=O)N(C)C4CCCNC4)cc3c2C(C)C)ccn1. The molecule has 4 rings (SSSR count). The van der Waals surface area contributed by atoms with Crippen molar-refractivity contribution < 1.29 is 4.79 Å². The van der Waals surface area contributed by atoms with Gasteiger partial charge in [-0.3, -0.25) is 9.78 Å². The predicted octanol–water partition coefficient (Wildman–Crippen LogP) is 5.15. The highest BCUT2D eigenvalue weighted by Crippen LogP contribution is 2.38. The molecule has 2 aromatic heterocycles. The first-order valence-corrected chi connectivity index (χ1v) is 11.8. The summed E-state index contributed by atoms with van der Waals surface area (Å²) in [5.74, 6) is 0.523. The van der Waals surface area contributed by atoms with E-state index in [9.17, 15) is 4.79 Å². The van der Waals surface area contributed by atoms with Crippen LogP contribution >= 0.6 is 0 Å². The summed E-state index contributed by atoms with van der Waals surface area (Å²) < 4.78 is 0. The van der Waals surface area contributed by atoms with Gasteiger partial charge in [0.2, 0.25) is 5.91 Å². The Labute approximate surface area is 191 Å². The standard InChI is InChI=1S/C27H36N4O/c1-17(2)24-22-15-20(27(4,5)26(32)31(6)21-8-7-12-28-16-21)9-10-23(22)30-25(24)19-11-13-29-18(3)14-19/h9-11,13-15,17,21,28,30H,7-8,12,16H2,1-6H3. The fourth-order valence-corrected chi connectivity index (χ4v) is 5.02. The Hall–Kier alpha value is -2.66. The van der Waals surface area contributed by atoms with Gasteiger partial charge in [0, 0.05) is 48.0 Å². The molecule has 1 aromatic carbocycles. The van der Waals surface area contributed by atoms with Crippen LogP contribution in [0.2, 0.25) is 0 Å². The lowest BCUT2D eigenvalue weighted by atomic mass is 9.81. The van der Waals surface area contributed by atoms with Crippen LogP contribution in [0.3, 0.4) is 0 Å². The highest BCUT2D eigenvalue weighted by molar-refractivity contribution is 5.94. The Morgan fingerprint density at radius 3 is 2.66 bits per heavy atom. The Balaban J connectivity index is 1.75. The number of aromatic amines is 1. The van der Waals surface area contributed by atoms with Crippen molar-refractivity contribution in [2.75, 3.05) is 20.1 Å². The van der Waals surface area contributed by atoms with Gasteiger partial charge in [0.15, 0.2) is 0 Å². The average Bonchev–Trinajstić information content (AvgIpc) is 3.18. The molecule has 1 aliphatic rings. The van der Waals surface area contributed by atoms with Gasteiger partial charge in [-0.15, -0.1) is 0 Å². The first kappa shape index (κ1) is 22.5. The molecule has 1 aliphatic heterocycles. The summed E-state index contributed by atoms with van der Waals surface area (Å²) in [4.78, 5) is 23.5. The van der Waals surface area contributed by atoms with Crippen LogP contribution < -0.4 is 5.32 Å². The largest absolute Gasteiger partial charge is 0.354 e. The van der Waals surface area contributed by atoms with Crippen LogP contribution in [-0.4, -0.2) is 47.0 Å². The van der Waals surface area contributed by atoms with Crippen LogP contribution in [0.5, 0.6) is 0 Å². The van der Waals surface area contributed by atoms with Crippen LogP contribution in [-0.2, 0) is 10.2 Å². The lowest BCUT2D eigenvalue weighted by Crippen LogP contribution is -2.51. The monoisotopic (exact) mass is 432 g/mol. The maximum Gasteiger partial charge on any atom is 0.232 e. The fourth-order valence-electron chi connectivity index (χ4n) is 5.02. The molecule has 1 amide bonds. The quantitative estimate of drug-likeness (QED) is 0.586. The van der Waals surface area contributed by atoms with E-state index in [1.54, 1.807) is 0 Å². The van der Waals surface area contributed by atoms with E-state index in [2.05, 4.69) is 73.3 Å². The molecule has 3 aromatic rings. The number of aryl methyl sites for hydroxylation is 1. The molecule has 1 fully saturated rings. The lowest BCUT2D eigenvalue weighted by molar-refractivity contribution is -0.137. The molecule has 5 heteroatoms. The van der Waals surface area contributed by atoms with Gasteiger partial charge in [0.05, 0.1) is 11.1 Å². The van der Waals surface area contributed by atoms with E-state index in [-0.39, 0.29) is 11.9 Å². The number of nitrogens with one attached hydrogen (secondary N) is 2. The number of hydrogen-bond acceptors (Lipinski definition) is 3. The average molecular weight is 433 g/mol. The number of piperidine rings is 1. The highest BCUT2D eigenvalue weighted by Gasteiger charge is 2.36. The van der Waals surface area contributed by atoms with E-state index in [1.807, 2.05) is 25.1 Å². The maximum absolute atomic E-state index is 13.6. The fraction of sp³-hybridized carbons (Fsp3) is 0.481. The number of benzene rings is 1. The zero-order valence-electron chi connectivity index (χ0n) is 20.2. The molecule has 0 saturated carbocycles. The molecule has 0 bridgehead atoms. The van der Waals surface area contributed by atoms with Gasteiger partial charge >= 0.3 is 0 Å². The second-order valence-corrected chi connectivity index (χ2v) is 10.1. The number of amides is 1. The molecule has 1 atom stereocenters. The van der Waals surface area contributed by atoms with Crippen molar-refractivity contribution in [2.24, 2.45) is 0 Å². The number of fused-ring (bicyclic) bond motifs is 1. The van der Waals surface area contributed by atoms with Crippen LogP contribution in [0.25, 0.3) is 22.2 Å². The molecule has 170 valence electrons. The third-order valence-electron chi connectivity index (χ3n) is 7.00. The Bertz CT molecular complexity index is 1120. The smallest absolute Gasteiger partial charge is 0.232 e. The first-order valence-electron chi connectivity index (χ1n) is 11.8. The summed E-state index contributed by atoms with van der Waals surface area (Å²) in [7, 11) is 1.96. The van der Waals surface area contributed by atoms with Crippen molar-refractivity contribution in [3.63, 3.8) is 0 Å². The third kappa shape index (κ3) is 4.06. The minimum absolute atomic E-state index is 0.178. The second-order valence-electron chi connectivity index (χ2n) is 10.1. The second kappa shape index (κ2) is 8.70. The maximum atomic E-state index is 13.6. The number of rotatable bonds is 5. The summed E-state index contributed by atoms with van der Waals surface area (Å²) in [5.41, 5.74) is 6.16. The molecule has 32 heavy (non-hydrogen) atoms. The summed E-state index contributed by atoms with van der Waals surface area (Å²) in [6.45, 7) is 12.5. The topological polar surface area (TPSA) is 61.0 Å². The molecular weight excluding hydrogens is 396 g/mol. The molecule has 0 spiro atoms. The molecule has 2 N–H and O–H groups in total. The minimum Gasteiger partial charge on any atom is -0.354 e. The number of aromatic nitrogens is 2. The van der Waals surface area contributed by atoms with Crippen LogP contribution in [0.15, 0.2) is 36.5 Å². The summed E-state index contributed by atoms with van der Waals surface area (Å²) >= 11 is 0. The van der Waals surface area contributed by atoms with Gasteiger partial charge in [0.25, 0.3) is 0 Å². The molecule has 0 aliphatic carbocycles. The van der Waals surface area contributed by atoms with Gasteiger partial charge in [-0.05, 0) is 81.5 Å². The molecule has 0 radical (unpaired) electrons. The number of carbonyl (C=O) groups excluding carboxylic acids is 1. The molecule has 1 saturated heterocycles. The van der Waals surface area contributed by atoms with E-state index in [1.165, 1.54) is 10.9 Å². The van der Waals surface area contributed by atoms with Crippen LogP contribution in [0.1, 0.15) is 63.3 Å². The Morgan fingerprint density at radius 1 is 1.22 bits per heavy atom. The van der Waals surface area contributed by atoms with Crippen molar-refractivity contribution in [1.82, 2.24) is 20.2 Å². The van der Waals surface area contributed by atoms with Crippen molar-refractivity contribution in [3.05, 3.63) is 53.3 Å². The number of nitrogens with zero attached hydrogens (tertiary/aromatic N) is 2. The molecular formula is C27H36N4O. The number of hydrogen-bond donors (Lipinski definition) is 2. The summed E-state index contributed by atoms with van der Waals surface area (Å²) in [5, 5.41) is 4.62. The van der Waals surface area contributed by atoms with Gasteiger partial charge in [-0.25, -0.2) is 0 Å². The van der Waals surface area contributed by atoms with Crippen molar-refractivity contribution in [3.8, 4) is 11.3 Å². The minimum atomic E-state index is -0.598. The van der Waals surface area contributed by atoms with Crippen molar-refractivity contribution >= 4 is 16.8 Å². The summed E-state index contributed by atoms with van der Waals surface area (Å²) in [6.07, 6.45) is 4.05. The zero-order valence-corrected chi connectivity index (χ0v) is 20.2. The third-order valence-corrected chi connectivity index (χ3v) is 7.00. The molecule has 5 nitrogen and oxygen atoms in total. The number of pyridine rings is 1. The number of likely N-dealkylation sites (N-methyl/N-ethyl adjacent to an activating group) is 1. The van der Waals surface area contributed by atoms with Crippen LogP contribution in [0.4, 0.5) is 0 Å². The first-order chi connectivity index (χ1) is 15.2. The predicted molar refractivity (Wildman–Crippen MR) is 132 cm³/mol. The van der Waals surface area contributed by atoms with E-state index in [0.29, 0.717) is 5.92 Å². The number of carbonyl (C=O) groups is 1.